The second-order valence-electron chi connectivity index (χ2n) is 1.96. The molecule has 0 aromatic heterocycles. The van der Waals surface area contributed by atoms with E-state index >= 15 is 0 Å². The van der Waals surface area contributed by atoms with Crippen LogP contribution in [0.2, 0.25) is 5.02 Å². The first kappa shape index (κ1) is 8.37. The molecule has 0 aliphatic heterocycles. The van der Waals surface area contributed by atoms with Crippen LogP contribution in [0.25, 0.3) is 0 Å². The largest absolute Gasteiger partial charge is 0.491 e. The number of ether oxygens (including phenoxy) is 1. The van der Waals surface area contributed by atoms with Gasteiger partial charge in [-0.05, 0) is 24.3 Å². The van der Waals surface area contributed by atoms with Crippen LogP contribution >= 0.6 is 11.6 Å². The van der Waals surface area contributed by atoms with E-state index in [2.05, 4.69) is 6.07 Å². The highest BCUT2D eigenvalue weighted by Crippen LogP contribution is 2.16. The van der Waals surface area contributed by atoms with Crippen molar-refractivity contribution in [3.63, 3.8) is 0 Å². The highest BCUT2D eigenvalue weighted by Gasteiger charge is 1.92. The molecule has 1 radical (unpaired) electrons. The molecule has 11 heavy (non-hydrogen) atoms. The van der Waals surface area contributed by atoms with Crippen molar-refractivity contribution >= 4 is 11.6 Å². The summed E-state index contributed by atoms with van der Waals surface area (Å²) in [5.41, 5.74) is 0. The topological polar surface area (TPSA) is 29.5 Å². The predicted molar refractivity (Wildman–Crippen MR) is 42.9 cm³/mol. The van der Waals surface area contributed by atoms with Gasteiger partial charge in [0.15, 0.2) is 0 Å². The Bertz CT molecular complexity index is 225. The molecule has 0 saturated heterocycles. The van der Waals surface area contributed by atoms with Gasteiger partial charge in [0.1, 0.15) is 12.4 Å². The van der Waals surface area contributed by atoms with E-state index in [1.165, 1.54) is 0 Å². The molecule has 2 nitrogen and oxygen atoms in total. The van der Waals surface area contributed by atoms with E-state index in [-0.39, 0.29) is 13.2 Å². The van der Waals surface area contributed by atoms with Gasteiger partial charge in [-0.25, -0.2) is 0 Å². The van der Waals surface area contributed by atoms with Crippen molar-refractivity contribution in [3.8, 4) is 5.75 Å². The lowest BCUT2D eigenvalue weighted by Gasteiger charge is -2.02. The summed E-state index contributed by atoms with van der Waals surface area (Å²) in [4.78, 5) is 0. The maximum atomic E-state index is 8.43. The molecule has 0 heterocycles. The van der Waals surface area contributed by atoms with Gasteiger partial charge >= 0.3 is 0 Å². The van der Waals surface area contributed by atoms with Gasteiger partial charge in [-0.15, -0.1) is 0 Å². The number of aliphatic hydroxyl groups excluding tert-OH is 1. The van der Waals surface area contributed by atoms with E-state index in [0.717, 1.165) is 0 Å². The molecule has 0 saturated carbocycles. The zero-order chi connectivity index (χ0) is 8.10. The molecule has 0 aliphatic rings. The van der Waals surface area contributed by atoms with E-state index < -0.39 is 0 Å². The van der Waals surface area contributed by atoms with E-state index in [0.29, 0.717) is 10.8 Å². The third-order valence-corrected chi connectivity index (χ3v) is 1.31. The van der Waals surface area contributed by atoms with Gasteiger partial charge in [0.05, 0.1) is 6.61 Å². The molecule has 0 bridgehead atoms. The molecular formula is C8H8ClO2. The molecule has 0 atom stereocenters. The van der Waals surface area contributed by atoms with Gasteiger partial charge in [-0.2, -0.15) is 0 Å². The molecular weight excluding hydrogens is 164 g/mol. The average molecular weight is 172 g/mol. The summed E-state index contributed by atoms with van der Waals surface area (Å²) in [6.45, 7) is 0.292. The van der Waals surface area contributed by atoms with E-state index in [9.17, 15) is 0 Å². The molecule has 0 amide bonds. The summed E-state index contributed by atoms with van der Waals surface area (Å²) in [7, 11) is 0. The molecule has 1 N–H and O–H groups in total. The summed E-state index contributed by atoms with van der Waals surface area (Å²) in [5, 5.41) is 9.01. The minimum atomic E-state index is 0.00646. The van der Waals surface area contributed by atoms with Gasteiger partial charge in [0, 0.05) is 5.02 Å². The fraction of sp³-hybridized carbons (Fsp3) is 0.250. The highest BCUT2D eigenvalue weighted by atomic mass is 35.5. The number of hydrogen-bond acceptors (Lipinski definition) is 2. The normalized spacial score (nSPS) is 9.64. The summed E-state index contributed by atoms with van der Waals surface area (Å²) in [6, 6.07) is 7.79. The van der Waals surface area contributed by atoms with Crippen LogP contribution in [0.15, 0.2) is 18.2 Å². The van der Waals surface area contributed by atoms with Crippen molar-refractivity contribution in [2.75, 3.05) is 13.2 Å². The Hall–Kier alpha value is -0.730. The van der Waals surface area contributed by atoms with Gasteiger partial charge in [0.25, 0.3) is 0 Å². The monoisotopic (exact) mass is 171 g/mol. The lowest BCUT2D eigenvalue weighted by Crippen LogP contribution is -2.01. The fourth-order valence-electron chi connectivity index (χ4n) is 0.669. The van der Waals surface area contributed by atoms with Crippen LogP contribution in [0, 0.1) is 6.07 Å². The Kier molecular flexibility index (Phi) is 3.20. The van der Waals surface area contributed by atoms with Crippen molar-refractivity contribution in [1.82, 2.24) is 0 Å². The molecule has 1 aromatic rings. The Morgan fingerprint density at radius 1 is 1.55 bits per heavy atom. The molecule has 59 valence electrons. The van der Waals surface area contributed by atoms with Crippen molar-refractivity contribution in [1.29, 1.82) is 0 Å². The van der Waals surface area contributed by atoms with E-state index in [1.54, 1.807) is 18.2 Å². The maximum absolute atomic E-state index is 8.43. The summed E-state index contributed by atoms with van der Waals surface area (Å²) < 4.78 is 5.07. The Balaban J connectivity index is 2.56. The van der Waals surface area contributed by atoms with E-state index in [4.69, 9.17) is 21.4 Å². The van der Waals surface area contributed by atoms with Gasteiger partial charge in [-0.3, -0.25) is 0 Å². The number of halogens is 1. The van der Waals surface area contributed by atoms with Crippen LogP contribution < -0.4 is 4.74 Å². The average Bonchev–Trinajstić information content (AvgIpc) is 2.01. The minimum absolute atomic E-state index is 0.00646. The second kappa shape index (κ2) is 4.21. The standard InChI is InChI=1S/C8H8ClO2/c9-7-2-1-3-8(6-7)11-5-4-10/h2-3,6,10H,4-5H2. The van der Waals surface area contributed by atoms with Crippen LogP contribution in [0.1, 0.15) is 0 Å². The molecule has 0 fully saturated rings. The number of aliphatic hydroxyl groups is 1. The van der Waals surface area contributed by atoms with Crippen molar-refractivity contribution in [2.45, 2.75) is 0 Å². The van der Waals surface area contributed by atoms with Crippen LogP contribution in [0.4, 0.5) is 0 Å². The van der Waals surface area contributed by atoms with Crippen LogP contribution in [-0.2, 0) is 0 Å². The lowest BCUT2D eigenvalue weighted by molar-refractivity contribution is 0.201. The minimum Gasteiger partial charge on any atom is -0.491 e. The first-order valence-corrected chi connectivity index (χ1v) is 3.61. The predicted octanol–water partition coefficient (Wildman–Crippen LogP) is 1.51. The number of benzene rings is 1. The van der Waals surface area contributed by atoms with Crippen LogP contribution in [0.3, 0.4) is 0 Å². The zero-order valence-electron chi connectivity index (χ0n) is 5.88. The first-order valence-electron chi connectivity index (χ1n) is 3.23. The van der Waals surface area contributed by atoms with Crippen molar-refractivity contribution in [2.24, 2.45) is 0 Å². The molecule has 1 rings (SSSR count). The van der Waals surface area contributed by atoms with Crippen molar-refractivity contribution in [3.05, 3.63) is 29.3 Å². The van der Waals surface area contributed by atoms with Gasteiger partial charge in [0.2, 0.25) is 0 Å². The summed E-state index contributed by atoms with van der Waals surface area (Å²) in [5.74, 6) is 0.631. The number of hydrogen-bond donors (Lipinski definition) is 1. The number of rotatable bonds is 3. The first-order chi connectivity index (χ1) is 5.33. The molecule has 1 aromatic carbocycles. The van der Waals surface area contributed by atoms with Gasteiger partial charge < -0.3 is 9.84 Å². The molecule has 0 spiro atoms. The molecule has 3 heteroatoms. The van der Waals surface area contributed by atoms with Gasteiger partial charge in [-0.1, -0.05) is 11.6 Å². The third kappa shape index (κ3) is 2.78. The zero-order valence-corrected chi connectivity index (χ0v) is 6.64. The van der Waals surface area contributed by atoms with Crippen LogP contribution in [-0.4, -0.2) is 18.3 Å². The molecule has 0 aliphatic carbocycles. The third-order valence-electron chi connectivity index (χ3n) is 1.09. The van der Waals surface area contributed by atoms with E-state index in [1.807, 2.05) is 0 Å². The van der Waals surface area contributed by atoms with Crippen LogP contribution in [0.5, 0.6) is 5.75 Å². The Labute approximate surface area is 70.4 Å². The Morgan fingerprint density at radius 3 is 3.00 bits per heavy atom. The smallest absolute Gasteiger partial charge is 0.121 e. The molecule has 0 unspecified atom stereocenters. The summed E-state index contributed by atoms with van der Waals surface area (Å²) >= 11 is 5.65. The summed E-state index contributed by atoms with van der Waals surface area (Å²) in [6.07, 6.45) is 0. The SMILES string of the molecule is OCCOc1c[c]cc(Cl)c1. The highest BCUT2D eigenvalue weighted by molar-refractivity contribution is 6.30. The fourth-order valence-corrected chi connectivity index (χ4v) is 0.840. The van der Waals surface area contributed by atoms with Crippen molar-refractivity contribution < 1.29 is 9.84 Å². The second-order valence-corrected chi connectivity index (χ2v) is 2.40. The maximum Gasteiger partial charge on any atom is 0.121 e. The quantitative estimate of drug-likeness (QED) is 0.747. The Morgan fingerprint density at radius 2 is 2.36 bits per heavy atom. The lowest BCUT2D eigenvalue weighted by atomic mass is 10.3.